The van der Waals surface area contributed by atoms with E-state index in [9.17, 15) is 9.28 Å². The van der Waals surface area contributed by atoms with Gasteiger partial charge in [-0.3, -0.25) is 0 Å². The molecule has 60 valence electrons. The zero-order valence-corrected chi connectivity index (χ0v) is 6.19. The van der Waals surface area contributed by atoms with Crippen LogP contribution in [0.15, 0.2) is 0 Å². The van der Waals surface area contributed by atoms with Crippen molar-refractivity contribution in [2.24, 2.45) is 0 Å². The van der Waals surface area contributed by atoms with Crippen LogP contribution in [0.3, 0.4) is 0 Å². The minimum atomic E-state index is -0.838. The number of nitrogens with one attached hydrogen (secondary N) is 2. The minimum absolute atomic E-state index is 0.596. The molecule has 0 bridgehead atoms. The molecular weight excluding hydrogens is 139 g/mol. The highest BCUT2D eigenvalue weighted by Gasteiger charge is 2.15. The third-order valence-electron chi connectivity index (χ3n) is 0.548. The molecule has 0 saturated heterocycles. The fourth-order valence-corrected chi connectivity index (χ4v) is 0.342. The first-order valence-corrected chi connectivity index (χ1v) is 2.80. The number of halogens is 1. The summed E-state index contributed by atoms with van der Waals surface area (Å²) >= 11 is 0. The van der Waals surface area contributed by atoms with E-state index >= 15 is 0 Å². The predicted molar refractivity (Wildman–Crippen MR) is 33.6 cm³/mol. The van der Waals surface area contributed by atoms with Crippen LogP contribution in [0.2, 0.25) is 0 Å². The van der Waals surface area contributed by atoms with Crippen molar-refractivity contribution in [3.8, 4) is 0 Å². The van der Waals surface area contributed by atoms with Gasteiger partial charge in [-0.05, 0) is 20.8 Å². The maximum atomic E-state index is 11.2. The molecule has 0 aliphatic carbocycles. The van der Waals surface area contributed by atoms with Gasteiger partial charge < -0.3 is 4.74 Å². The molecular formula is C5H11FN2O2. The Morgan fingerprint density at radius 3 is 2.30 bits per heavy atom. The monoisotopic (exact) mass is 150 g/mol. The van der Waals surface area contributed by atoms with E-state index in [2.05, 4.69) is 4.74 Å². The van der Waals surface area contributed by atoms with Crippen LogP contribution in [0.5, 0.6) is 0 Å². The number of hydrogen-bond donors (Lipinski definition) is 2. The fraction of sp³-hybridized carbons (Fsp3) is 0.800. The van der Waals surface area contributed by atoms with Crippen LogP contribution in [-0.4, -0.2) is 11.7 Å². The number of ether oxygens (including phenoxy) is 1. The maximum Gasteiger partial charge on any atom is 0.424 e. The van der Waals surface area contributed by atoms with Crippen molar-refractivity contribution in [3.63, 3.8) is 0 Å². The first kappa shape index (κ1) is 9.16. The van der Waals surface area contributed by atoms with Gasteiger partial charge >= 0.3 is 6.09 Å². The Balaban J connectivity index is 3.58. The Bertz CT molecular complexity index is 121. The molecule has 5 heteroatoms. The summed E-state index contributed by atoms with van der Waals surface area (Å²) in [4.78, 5) is 10.4. The van der Waals surface area contributed by atoms with Gasteiger partial charge in [-0.1, -0.05) is 5.65 Å². The molecule has 10 heavy (non-hydrogen) atoms. The van der Waals surface area contributed by atoms with Gasteiger partial charge in [0.1, 0.15) is 5.60 Å². The molecule has 0 rings (SSSR count). The van der Waals surface area contributed by atoms with Crippen LogP contribution >= 0.6 is 0 Å². The van der Waals surface area contributed by atoms with Crippen molar-refractivity contribution in [2.45, 2.75) is 26.4 Å². The Morgan fingerprint density at radius 1 is 1.50 bits per heavy atom. The molecule has 0 atom stereocenters. The van der Waals surface area contributed by atoms with E-state index in [0.717, 1.165) is 5.65 Å². The van der Waals surface area contributed by atoms with Crippen LogP contribution in [0.25, 0.3) is 0 Å². The van der Waals surface area contributed by atoms with E-state index in [-0.39, 0.29) is 0 Å². The zero-order chi connectivity index (χ0) is 8.20. The van der Waals surface area contributed by atoms with Gasteiger partial charge in [0.15, 0.2) is 0 Å². The van der Waals surface area contributed by atoms with Gasteiger partial charge in [0.05, 0.1) is 0 Å². The molecule has 0 aromatic heterocycles. The molecule has 0 aromatic rings. The van der Waals surface area contributed by atoms with Crippen molar-refractivity contribution in [3.05, 3.63) is 0 Å². The Labute approximate surface area is 58.6 Å². The second-order valence-corrected chi connectivity index (χ2v) is 2.72. The standard InChI is InChI=1S/C5H11FN2O2/c1-5(2,3)10-4(9)7-8-6/h8H,1-3H3,(H,7,9). The number of hydrogen-bond acceptors (Lipinski definition) is 3. The summed E-state index contributed by atoms with van der Waals surface area (Å²) < 4.78 is 15.8. The van der Waals surface area contributed by atoms with E-state index in [1.54, 1.807) is 26.2 Å². The predicted octanol–water partition coefficient (Wildman–Crippen LogP) is 0.900. The van der Waals surface area contributed by atoms with Crippen molar-refractivity contribution in [2.75, 3.05) is 0 Å². The summed E-state index contributed by atoms with van der Waals surface area (Å²) in [5.41, 5.74) is 1.99. The summed E-state index contributed by atoms with van der Waals surface area (Å²) in [6.45, 7) is 5.06. The zero-order valence-electron chi connectivity index (χ0n) is 6.19. The normalized spacial score (nSPS) is 10.8. The second kappa shape index (κ2) is 3.36. The summed E-state index contributed by atoms with van der Waals surface area (Å²) in [6, 6.07) is 0. The lowest BCUT2D eigenvalue weighted by molar-refractivity contribution is 0.0436. The average molecular weight is 150 g/mol. The average Bonchev–Trinajstić information content (AvgIpc) is 1.59. The molecule has 0 fully saturated rings. The molecule has 0 spiro atoms. The smallest absolute Gasteiger partial charge is 0.424 e. The third kappa shape index (κ3) is 5.30. The number of rotatable bonds is 1. The number of amides is 1. The Hall–Kier alpha value is -0.840. The number of hydrazine groups is 1. The van der Waals surface area contributed by atoms with Gasteiger partial charge in [0.2, 0.25) is 0 Å². The molecule has 0 unspecified atom stereocenters. The SMILES string of the molecule is CC(C)(C)OC(=O)NNF. The summed E-state index contributed by atoms with van der Waals surface area (Å²) in [5, 5.41) is 0. The fourth-order valence-electron chi connectivity index (χ4n) is 0.342. The van der Waals surface area contributed by atoms with Crippen molar-refractivity contribution in [1.29, 1.82) is 0 Å². The third-order valence-corrected chi connectivity index (χ3v) is 0.548. The molecule has 0 radical (unpaired) electrons. The van der Waals surface area contributed by atoms with Crippen LogP contribution in [0.4, 0.5) is 9.28 Å². The number of carbonyl (C=O) groups excluding carboxylic acids is 1. The maximum absolute atomic E-state index is 11.2. The summed E-state index contributed by atoms with van der Waals surface area (Å²) in [5.74, 6) is 0. The van der Waals surface area contributed by atoms with Crippen molar-refractivity contribution < 1.29 is 14.0 Å². The highest BCUT2D eigenvalue weighted by molar-refractivity contribution is 5.66. The highest BCUT2D eigenvalue weighted by atomic mass is 19.2. The Morgan fingerprint density at radius 2 is 2.00 bits per heavy atom. The summed E-state index contributed by atoms with van der Waals surface area (Å²) in [6.07, 6.45) is -0.838. The van der Waals surface area contributed by atoms with Gasteiger partial charge in [-0.2, -0.15) is 0 Å². The van der Waals surface area contributed by atoms with E-state index < -0.39 is 11.7 Å². The second-order valence-electron chi connectivity index (χ2n) is 2.72. The Kier molecular flexibility index (Phi) is 3.08. The molecule has 2 N–H and O–H groups in total. The van der Waals surface area contributed by atoms with Crippen LogP contribution in [0, 0.1) is 0 Å². The van der Waals surface area contributed by atoms with E-state index in [1.165, 1.54) is 0 Å². The molecule has 0 saturated carbocycles. The quantitative estimate of drug-likeness (QED) is 0.431. The summed E-state index contributed by atoms with van der Waals surface area (Å²) in [7, 11) is 0. The van der Waals surface area contributed by atoms with Gasteiger partial charge in [-0.15, -0.1) is 4.48 Å². The largest absolute Gasteiger partial charge is 0.443 e. The molecule has 0 heterocycles. The molecule has 0 aliphatic rings. The lowest BCUT2D eigenvalue weighted by atomic mass is 10.2. The number of carbonyl (C=O) groups is 1. The van der Waals surface area contributed by atoms with Crippen LogP contribution < -0.4 is 11.1 Å². The van der Waals surface area contributed by atoms with Crippen LogP contribution in [-0.2, 0) is 4.74 Å². The van der Waals surface area contributed by atoms with Gasteiger partial charge in [0, 0.05) is 0 Å². The van der Waals surface area contributed by atoms with E-state index in [4.69, 9.17) is 0 Å². The molecule has 0 aliphatic heterocycles. The van der Waals surface area contributed by atoms with E-state index in [0.29, 0.717) is 0 Å². The molecule has 1 amide bonds. The highest BCUT2D eigenvalue weighted by Crippen LogP contribution is 2.05. The topological polar surface area (TPSA) is 50.4 Å². The molecule has 0 aromatic carbocycles. The lowest BCUT2D eigenvalue weighted by Gasteiger charge is -2.18. The van der Waals surface area contributed by atoms with E-state index in [1.807, 2.05) is 0 Å². The minimum Gasteiger partial charge on any atom is -0.443 e. The van der Waals surface area contributed by atoms with Gasteiger partial charge in [-0.25, -0.2) is 10.2 Å². The first-order valence-electron chi connectivity index (χ1n) is 2.80. The lowest BCUT2D eigenvalue weighted by Crippen LogP contribution is -2.37. The molecule has 4 nitrogen and oxygen atoms in total. The van der Waals surface area contributed by atoms with Gasteiger partial charge in [0.25, 0.3) is 0 Å². The van der Waals surface area contributed by atoms with Crippen molar-refractivity contribution >= 4 is 6.09 Å². The van der Waals surface area contributed by atoms with Crippen LogP contribution in [0.1, 0.15) is 20.8 Å². The first-order chi connectivity index (χ1) is 4.45. The van der Waals surface area contributed by atoms with Crippen molar-refractivity contribution in [1.82, 2.24) is 11.1 Å².